The molecule has 13 rings (SSSR count). The predicted octanol–water partition coefficient (Wildman–Crippen LogP) is 14.7. The number of hydrogen-bond donors (Lipinski definition) is 0. The highest BCUT2D eigenvalue weighted by atomic mass is 14.3. The summed E-state index contributed by atoms with van der Waals surface area (Å²) in [5.41, 5.74) is 15.9. The number of rotatable bonds is 2. The van der Waals surface area contributed by atoms with Crippen molar-refractivity contribution in [3.63, 3.8) is 0 Å². The van der Waals surface area contributed by atoms with E-state index < -0.39 is 0 Å². The van der Waals surface area contributed by atoms with Crippen molar-refractivity contribution in [1.82, 2.24) is 0 Å². The van der Waals surface area contributed by atoms with E-state index in [4.69, 9.17) is 0 Å². The topological polar surface area (TPSA) is 0 Å². The molecule has 0 atom stereocenters. The Kier molecular flexibility index (Phi) is 4.94. The van der Waals surface area contributed by atoms with Gasteiger partial charge in [-0.3, -0.25) is 0 Å². The molecule has 0 unspecified atom stereocenters. The van der Waals surface area contributed by atoms with Crippen LogP contribution in [0.2, 0.25) is 0 Å². The monoisotopic (exact) mass is 652 g/mol. The van der Waals surface area contributed by atoms with Crippen molar-refractivity contribution in [2.24, 2.45) is 0 Å². The maximum atomic E-state index is 2.51. The summed E-state index contributed by atoms with van der Waals surface area (Å²) in [7, 11) is 0. The third kappa shape index (κ3) is 3.20. The summed E-state index contributed by atoms with van der Waals surface area (Å²) in [4.78, 5) is 0. The van der Waals surface area contributed by atoms with Crippen LogP contribution in [0.15, 0.2) is 170 Å². The minimum absolute atomic E-state index is 1.25. The standard InChI is InChI=1S/C52H28/c1-3-11-29(12-4-1)47-33-17-9-10-18-34(33)48(30-13-5-2-6-14-30)46-28-44-42-26-24-40-38-22-20-36-32-16-8-7-15-31(32)35-19-21-37(50(38)49(35)36)39-23-25-41(52(42)51(39)40)43(44)27-45(46)47/h1-28H. The Labute approximate surface area is 300 Å². The third-order valence-corrected chi connectivity index (χ3v) is 12.3. The molecule has 0 N–H and O–H groups in total. The van der Waals surface area contributed by atoms with Gasteiger partial charge < -0.3 is 0 Å². The Morgan fingerprint density at radius 1 is 0.192 bits per heavy atom. The van der Waals surface area contributed by atoms with Crippen molar-refractivity contribution >= 4 is 64.6 Å². The van der Waals surface area contributed by atoms with Crippen molar-refractivity contribution in [2.45, 2.75) is 0 Å². The highest BCUT2D eigenvalue weighted by Gasteiger charge is 2.29. The van der Waals surface area contributed by atoms with E-state index in [9.17, 15) is 0 Å². The summed E-state index contributed by atoms with van der Waals surface area (Å²) >= 11 is 0. The van der Waals surface area contributed by atoms with E-state index in [-0.39, 0.29) is 0 Å². The molecule has 0 radical (unpaired) electrons. The predicted molar refractivity (Wildman–Crippen MR) is 222 cm³/mol. The fraction of sp³-hybridized carbons (Fsp3) is 0. The van der Waals surface area contributed by atoms with Gasteiger partial charge in [0, 0.05) is 0 Å². The normalized spacial score (nSPS) is 12.6. The van der Waals surface area contributed by atoms with Gasteiger partial charge in [-0.25, -0.2) is 0 Å². The largest absolute Gasteiger partial charge is 0.0622 e. The van der Waals surface area contributed by atoms with E-state index >= 15 is 0 Å². The summed E-state index contributed by atoms with van der Waals surface area (Å²) in [6, 6.07) is 64.0. The molecule has 0 aliphatic heterocycles. The minimum Gasteiger partial charge on any atom is -0.0622 e. The number of benzene rings is 11. The molecule has 0 saturated heterocycles. The highest BCUT2D eigenvalue weighted by Crippen LogP contribution is 2.57. The molecule has 11 aromatic carbocycles. The lowest BCUT2D eigenvalue weighted by molar-refractivity contribution is 1.65. The summed E-state index contributed by atoms with van der Waals surface area (Å²) in [5.74, 6) is 0. The molecule has 0 amide bonds. The van der Waals surface area contributed by atoms with Crippen LogP contribution in [0.1, 0.15) is 0 Å². The molecule has 0 fully saturated rings. The van der Waals surface area contributed by atoms with Gasteiger partial charge in [0.1, 0.15) is 0 Å². The first-order valence-electron chi connectivity index (χ1n) is 18.3. The molecule has 0 aromatic heterocycles. The summed E-state index contributed by atoms with van der Waals surface area (Å²) in [6.07, 6.45) is 0. The average molecular weight is 653 g/mol. The van der Waals surface area contributed by atoms with Gasteiger partial charge in [0.15, 0.2) is 0 Å². The van der Waals surface area contributed by atoms with Crippen LogP contribution in [0.3, 0.4) is 0 Å². The van der Waals surface area contributed by atoms with E-state index in [0.29, 0.717) is 0 Å². The fourth-order valence-electron chi connectivity index (χ4n) is 10.2. The van der Waals surface area contributed by atoms with Crippen molar-refractivity contribution in [3.05, 3.63) is 170 Å². The molecule has 2 aliphatic rings. The van der Waals surface area contributed by atoms with Crippen LogP contribution in [0.4, 0.5) is 0 Å². The van der Waals surface area contributed by atoms with Crippen LogP contribution in [0.5, 0.6) is 0 Å². The van der Waals surface area contributed by atoms with Gasteiger partial charge in [-0.05, 0) is 144 Å². The van der Waals surface area contributed by atoms with E-state index in [0.717, 1.165) is 0 Å². The lowest BCUT2D eigenvalue weighted by Crippen LogP contribution is -1.92. The average Bonchev–Trinajstić information content (AvgIpc) is 3.71. The van der Waals surface area contributed by atoms with Crippen LogP contribution >= 0.6 is 0 Å². The zero-order valence-electron chi connectivity index (χ0n) is 28.2. The zero-order chi connectivity index (χ0) is 33.7. The molecular formula is C52H28. The Balaban J connectivity index is 1.17. The molecule has 11 aromatic rings. The summed E-state index contributed by atoms with van der Waals surface area (Å²) < 4.78 is 0. The lowest BCUT2D eigenvalue weighted by Gasteiger charge is -2.19. The molecule has 0 spiro atoms. The molecule has 0 heteroatoms. The van der Waals surface area contributed by atoms with Crippen molar-refractivity contribution < 1.29 is 0 Å². The van der Waals surface area contributed by atoms with Gasteiger partial charge in [0.05, 0.1) is 0 Å². The molecule has 52 heavy (non-hydrogen) atoms. The lowest BCUT2D eigenvalue weighted by atomic mass is 9.84. The number of fused-ring (bicyclic) bond motifs is 10. The molecule has 2 aliphatic carbocycles. The van der Waals surface area contributed by atoms with Crippen LogP contribution in [0, 0.1) is 0 Å². The van der Waals surface area contributed by atoms with Gasteiger partial charge in [-0.2, -0.15) is 0 Å². The second-order valence-electron chi connectivity index (χ2n) is 14.7. The van der Waals surface area contributed by atoms with Crippen LogP contribution in [-0.2, 0) is 0 Å². The van der Waals surface area contributed by atoms with Crippen LogP contribution < -0.4 is 0 Å². The fourth-order valence-corrected chi connectivity index (χ4v) is 10.2. The Morgan fingerprint density at radius 2 is 0.538 bits per heavy atom. The first kappa shape index (κ1) is 27.0. The second-order valence-corrected chi connectivity index (χ2v) is 14.7. The Morgan fingerprint density at radius 3 is 0.942 bits per heavy atom. The third-order valence-electron chi connectivity index (χ3n) is 12.3. The van der Waals surface area contributed by atoms with E-state index in [1.165, 1.54) is 131 Å². The smallest absolute Gasteiger partial charge is 0.00139 e. The molecule has 0 heterocycles. The van der Waals surface area contributed by atoms with Gasteiger partial charge in [0.2, 0.25) is 0 Å². The van der Waals surface area contributed by atoms with Gasteiger partial charge in [-0.15, -0.1) is 0 Å². The molecule has 0 nitrogen and oxygen atoms in total. The second kappa shape index (κ2) is 9.51. The van der Waals surface area contributed by atoms with E-state index in [1.54, 1.807) is 0 Å². The van der Waals surface area contributed by atoms with Crippen molar-refractivity contribution in [1.29, 1.82) is 0 Å². The van der Waals surface area contributed by atoms with Crippen LogP contribution in [0.25, 0.3) is 131 Å². The van der Waals surface area contributed by atoms with E-state index in [1.807, 2.05) is 0 Å². The maximum absolute atomic E-state index is 2.51. The quantitative estimate of drug-likeness (QED) is 0.129. The van der Waals surface area contributed by atoms with Gasteiger partial charge >= 0.3 is 0 Å². The zero-order valence-corrected chi connectivity index (χ0v) is 28.2. The Hall–Kier alpha value is -6.76. The molecule has 0 bridgehead atoms. The van der Waals surface area contributed by atoms with Gasteiger partial charge in [-0.1, -0.05) is 158 Å². The highest BCUT2D eigenvalue weighted by molar-refractivity contribution is 6.40. The van der Waals surface area contributed by atoms with Gasteiger partial charge in [0.25, 0.3) is 0 Å². The number of hydrogen-bond acceptors (Lipinski definition) is 0. The van der Waals surface area contributed by atoms with E-state index in [2.05, 4.69) is 170 Å². The summed E-state index contributed by atoms with van der Waals surface area (Å²) in [6.45, 7) is 0. The SMILES string of the molecule is c1ccc(-c2c3ccccc3c(-c3ccccc3)c3cc4c(cc23)-c2ccc3c5ccc6c7c(ccc(c8ccc-4c2c38)c75)-c2ccccc2-6)cc1. The first-order chi connectivity index (χ1) is 25.8. The van der Waals surface area contributed by atoms with Crippen LogP contribution in [-0.4, -0.2) is 0 Å². The Bertz CT molecular complexity index is 3150. The van der Waals surface area contributed by atoms with Crippen molar-refractivity contribution in [2.75, 3.05) is 0 Å². The first-order valence-corrected chi connectivity index (χ1v) is 18.3. The molecular weight excluding hydrogens is 625 g/mol. The minimum atomic E-state index is 1.25. The van der Waals surface area contributed by atoms with Crippen molar-refractivity contribution in [3.8, 4) is 66.8 Å². The summed E-state index contributed by atoms with van der Waals surface area (Å²) in [5, 5.41) is 16.1. The maximum Gasteiger partial charge on any atom is -0.00139 e. The molecule has 0 saturated carbocycles. The molecule has 236 valence electrons.